The molecule has 0 aromatic heterocycles. The maximum Gasteiger partial charge on any atom is 0.210 e. The summed E-state index contributed by atoms with van der Waals surface area (Å²) < 4.78 is 7.00. The number of hydrogen-bond acceptors (Lipinski definition) is 1. The molecule has 0 aliphatic carbocycles. The van der Waals surface area contributed by atoms with E-state index in [0.717, 1.165) is 4.43 Å². The van der Waals surface area contributed by atoms with E-state index in [1.165, 1.54) is 0 Å². The maximum atomic E-state index is 6.10. The predicted octanol–water partition coefficient (Wildman–Crippen LogP) is 0.414. The molecule has 0 spiro atoms. The van der Waals surface area contributed by atoms with Crippen molar-refractivity contribution < 1.29 is 5.11 Å². The summed E-state index contributed by atoms with van der Waals surface area (Å²) in [6.45, 7) is 0.542. The van der Waals surface area contributed by atoms with Gasteiger partial charge < -0.3 is 5.11 Å². The topological polar surface area (TPSA) is 20.2 Å². The molecule has 0 radical (unpaired) electrons. The standard InChI is InChI=1S/C2H5IO/c3-1-2-4/h4H,1-2H2/i4D. The van der Waals surface area contributed by atoms with Crippen molar-refractivity contribution in [3.05, 3.63) is 0 Å². The zero-order valence-corrected chi connectivity index (χ0v) is 4.36. The van der Waals surface area contributed by atoms with Crippen LogP contribution in [-0.4, -0.2) is 17.6 Å². The number of halogens is 1. The summed E-state index contributed by atoms with van der Waals surface area (Å²) in [6, 6.07) is 0. The largest absolute Gasteiger partial charge is 0.396 e. The Morgan fingerprint density at radius 3 is 3.00 bits per heavy atom. The van der Waals surface area contributed by atoms with Crippen LogP contribution in [0, 0.1) is 0 Å². The quantitative estimate of drug-likeness (QED) is 0.473. The van der Waals surface area contributed by atoms with Crippen molar-refractivity contribution in [3.63, 3.8) is 0 Å². The Bertz CT molecular complexity index is 17.1. The first-order valence-electron chi connectivity index (χ1n) is 1.46. The van der Waals surface area contributed by atoms with Crippen LogP contribution in [-0.2, 0) is 0 Å². The normalized spacial score (nSPS) is 10.8. The van der Waals surface area contributed by atoms with E-state index >= 15 is 0 Å². The van der Waals surface area contributed by atoms with E-state index in [-0.39, 0.29) is 0 Å². The average molecular weight is 173 g/mol. The lowest BCUT2D eigenvalue weighted by Gasteiger charge is -1.67. The van der Waals surface area contributed by atoms with E-state index in [1.54, 1.807) is 0 Å². The molecule has 0 fully saturated rings. The molecule has 0 saturated carbocycles. The third kappa shape index (κ3) is 2.69. The minimum Gasteiger partial charge on any atom is -0.396 e. The van der Waals surface area contributed by atoms with Crippen LogP contribution in [0.25, 0.3) is 0 Å². The Hall–Kier alpha value is 0.690. The molecule has 0 aromatic rings. The molecule has 1 nitrogen and oxygen atoms in total. The summed E-state index contributed by atoms with van der Waals surface area (Å²) in [4.78, 5) is 0. The molecular formula is C2H5IO. The van der Waals surface area contributed by atoms with Crippen molar-refractivity contribution in [2.75, 3.05) is 11.0 Å². The van der Waals surface area contributed by atoms with Crippen molar-refractivity contribution in [2.24, 2.45) is 0 Å². The number of aliphatic hydroxyl groups is 1. The molecular weight excluding hydrogens is 167 g/mol. The molecule has 0 aromatic carbocycles. The highest BCUT2D eigenvalue weighted by atomic mass is 127. The molecule has 26 valence electrons. The highest BCUT2D eigenvalue weighted by Gasteiger charge is 1.59. The molecule has 0 heterocycles. The van der Waals surface area contributed by atoms with Gasteiger partial charge in [0.25, 0.3) is 0 Å². The van der Waals surface area contributed by atoms with E-state index in [2.05, 4.69) is 27.7 Å². The highest BCUT2D eigenvalue weighted by Crippen LogP contribution is 1.71. The Morgan fingerprint density at radius 1 is 2.25 bits per heavy atom. The van der Waals surface area contributed by atoms with Crippen LogP contribution in [0.4, 0.5) is 0 Å². The van der Waals surface area contributed by atoms with Gasteiger partial charge in [0.15, 0.2) is 0 Å². The second kappa shape index (κ2) is 3.69. The smallest absolute Gasteiger partial charge is 0.210 e. The number of rotatable bonds is 2. The molecule has 0 aliphatic rings. The lowest BCUT2D eigenvalue weighted by molar-refractivity contribution is 0.325. The summed E-state index contributed by atoms with van der Waals surface area (Å²) in [5, 5.41) is 3.93. The fraction of sp³-hybridized carbons (Fsp3) is 1.00. The predicted molar refractivity (Wildman–Crippen MR) is 26.0 cm³/mol. The zero-order chi connectivity index (χ0) is 4.12. The summed E-state index contributed by atoms with van der Waals surface area (Å²) in [5.41, 5.74) is 0. The first-order valence-corrected chi connectivity index (χ1v) is 2.58. The molecule has 0 amide bonds. The Balaban J connectivity index is 2.19. The van der Waals surface area contributed by atoms with E-state index in [1.807, 2.05) is 0 Å². The lowest BCUT2D eigenvalue weighted by atomic mass is 10.9. The fourth-order valence-corrected chi connectivity index (χ4v) is 0. The van der Waals surface area contributed by atoms with Gasteiger partial charge in [-0.3, -0.25) is 0 Å². The van der Waals surface area contributed by atoms with Gasteiger partial charge in [-0.15, -0.1) is 0 Å². The van der Waals surface area contributed by atoms with E-state index in [0.29, 0.717) is 6.61 Å². The van der Waals surface area contributed by atoms with Gasteiger partial charge in [-0.25, -0.2) is 0 Å². The lowest BCUT2D eigenvalue weighted by Crippen LogP contribution is -1.75. The molecule has 2 heteroatoms. The third-order valence-electron chi connectivity index (χ3n) is 0.0772. The van der Waals surface area contributed by atoms with Gasteiger partial charge in [0.05, 0.1) is 6.61 Å². The van der Waals surface area contributed by atoms with Crippen LogP contribution < -0.4 is 0 Å². The minimum absolute atomic E-state index is 0.542. The fourth-order valence-electron chi connectivity index (χ4n) is 0. The average Bonchev–Trinajstić information content (AvgIpc) is 1.41. The Kier molecular flexibility index (Phi) is 2.68. The molecule has 1 N–H and O–H groups in total. The van der Waals surface area contributed by atoms with Gasteiger partial charge in [-0.05, 0) is 0 Å². The summed E-state index contributed by atoms with van der Waals surface area (Å²) >= 11 is 2.14. The second-order valence-electron chi connectivity index (χ2n) is 0.393. The minimum atomic E-state index is 0.542. The monoisotopic (exact) mass is 173 g/mol. The van der Waals surface area contributed by atoms with Crippen LogP contribution in [0.2, 0.25) is 0 Å². The van der Waals surface area contributed by atoms with Crippen LogP contribution in [0.3, 0.4) is 0 Å². The first-order chi connectivity index (χ1) is 2.41. The maximum absolute atomic E-state index is 6.10. The Labute approximate surface area is 40.7 Å². The van der Waals surface area contributed by atoms with Gasteiger partial charge in [0.2, 0.25) is 1.43 Å². The molecule has 0 aliphatic heterocycles. The second-order valence-corrected chi connectivity index (χ2v) is 1.47. The van der Waals surface area contributed by atoms with Crippen molar-refractivity contribution in [1.29, 1.82) is 1.43 Å². The number of hydrogen-bond donors (Lipinski definition) is 1. The molecule has 0 bridgehead atoms. The summed E-state index contributed by atoms with van der Waals surface area (Å²) in [7, 11) is 0. The molecule has 0 atom stereocenters. The van der Waals surface area contributed by atoms with Crippen LogP contribution >= 0.6 is 22.6 Å². The van der Waals surface area contributed by atoms with Crippen molar-refractivity contribution in [2.45, 2.75) is 0 Å². The van der Waals surface area contributed by atoms with Crippen LogP contribution in [0.1, 0.15) is 0 Å². The first kappa shape index (κ1) is 2.90. The summed E-state index contributed by atoms with van der Waals surface area (Å²) in [5.74, 6) is 0. The Morgan fingerprint density at radius 2 is 3.00 bits per heavy atom. The highest BCUT2D eigenvalue weighted by molar-refractivity contribution is 14.1. The summed E-state index contributed by atoms with van der Waals surface area (Å²) in [6.07, 6.45) is 0. The molecule has 0 rings (SSSR count). The van der Waals surface area contributed by atoms with Crippen LogP contribution in [0.5, 0.6) is 0 Å². The van der Waals surface area contributed by atoms with Gasteiger partial charge in [0, 0.05) is 4.43 Å². The van der Waals surface area contributed by atoms with Crippen molar-refractivity contribution >= 4 is 22.6 Å². The SMILES string of the molecule is [2H]OCCI. The van der Waals surface area contributed by atoms with Crippen LogP contribution in [0.15, 0.2) is 0 Å². The van der Waals surface area contributed by atoms with E-state index < -0.39 is 0 Å². The molecule has 4 heavy (non-hydrogen) atoms. The van der Waals surface area contributed by atoms with Gasteiger partial charge in [0.1, 0.15) is 0 Å². The van der Waals surface area contributed by atoms with Gasteiger partial charge >= 0.3 is 0 Å². The van der Waals surface area contributed by atoms with E-state index in [9.17, 15) is 0 Å². The van der Waals surface area contributed by atoms with Gasteiger partial charge in [-0.2, -0.15) is 0 Å². The van der Waals surface area contributed by atoms with Gasteiger partial charge in [-0.1, -0.05) is 22.6 Å². The zero-order valence-electron chi connectivity index (χ0n) is 3.20. The third-order valence-corrected chi connectivity index (χ3v) is 0.518. The molecule has 0 saturated heterocycles. The number of aliphatic hydroxyl groups excluding tert-OH is 1. The van der Waals surface area contributed by atoms with E-state index in [4.69, 9.17) is 1.43 Å². The number of alkyl halides is 1. The molecule has 0 unspecified atom stereocenters. The van der Waals surface area contributed by atoms with Crippen molar-refractivity contribution in [1.82, 2.24) is 0 Å². The van der Waals surface area contributed by atoms with Crippen molar-refractivity contribution in [3.8, 4) is 0 Å².